The zero-order chi connectivity index (χ0) is 16.8. The van der Waals surface area contributed by atoms with Crippen molar-refractivity contribution in [1.82, 2.24) is 0 Å². The minimum atomic E-state index is -3.73. The lowest BCUT2D eigenvalue weighted by Gasteiger charge is -2.16. The lowest BCUT2D eigenvalue weighted by molar-refractivity contribution is -0.384. The molecule has 0 saturated heterocycles. The molecular formula is C12H18NO7PS. The van der Waals surface area contributed by atoms with Crippen LogP contribution in [0, 0.1) is 10.1 Å². The number of non-ortho nitro benzene ring substituents is 1. The fourth-order valence-corrected chi connectivity index (χ4v) is 5.45. The maximum atomic E-state index is 12.2. The molecule has 0 heterocycles. The molecule has 0 bridgehead atoms. The molecule has 0 N–H and O–H groups in total. The van der Waals surface area contributed by atoms with E-state index in [2.05, 4.69) is 0 Å². The highest BCUT2D eigenvalue weighted by molar-refractivity contribution is 7.91. The smallest absolute Gasteiger partial charge is 0.309 e. The van der Waals surface area contributed by atoms with Gasteiger partial charge in [-0.2, -0.15) is 0 Å². The summed E-state index contributed by atoms with van der Waals surface area (Å²) < 4.78 is 46.6. The molecule has 0 aliphatic rings. The zero-order valence-electron chi connectivity index (χ0n) is 12.3. The molecule has 0 amide bonds. The minimum absolute atomic E-state index is 0.0716. The van der Waals surface area contributed by atoms with Crippen LogP contribution in [0.4, 0.5) is 5.69 Å². The molecule has 0 fully saturated rings. The average Bonchev–Trinajstić information content (AvgIpc) is 2.46. The third-order valence-electron chi connectivity index (χ3n) is 2.69. The van der Waals surface area contributed by atoms with E-state index < -0.39 is 28.1 Å². The summed E-state index contributed by atoms with van der Waals surface area (Å²) in [5.74, 6) is -0.428. The molecule has 10 heteroatoms. The minimum Gasteiger partial charge on any atom is -0.309 e. The van der Waals surface area contributed by atoms with Gasteiger partial charge in [0.1, 0.15) is 0 Å². The summed E-state index contributed by atoms with van der Waals surface area (Å²) in [4.78, 5) is 9.86. The van der Waals surface area contributed by atoms with Crippen LogP contribution in [-0.2, 0) is 23.4 Å². The number of benzene rings is 1. The van der Waals surface area contributed by atoms with Gasteiger partial charge in [-0.3, -0.25) is 14.7 Å². The Bertz CT molecular complexity index is 647. The van der Waals surface area contributed by atoms with E-state index in [4.69, 9.17) is 9.05 Å². The van der Waals surface area contributed by atoms with Gasteiger partial charge in [-0.25, -0.2) is 8.42 Å². The number of hydrogen-bond acceptors (Lipinski definition) is 7. The van der Waals surface area contributed by atoms with Crippen molar-refractivity contribution in [1.29, 1.82) is 0 Å². The first-order valence-corrected chi connectivity index (χ1v) is 9.97. The Balaban J connectivity index is 2.86. The van der Waals surface area contributed by atoms with Crippen LogP contribution in [0.3, 0.4) is 0 Å². The van der Waals surface area contributed by atoms with Gasteiger partial charge >= 0.3 is 7.60 Å². The van der Waals surface area contributed by atoms with Gasteiger partial charge in [0, 0.05) is 12.1 Å². The van der Waals surface area contributed by atoms with Crippen molar-refractivity contribution in [3.8, 4) is 0 Å². The van der Waals surface area contributed by atoms with Gasteiger partial charge in [0.25, 0.3) is 5.69 Å². The number of sulfone groups is 1. The number of hydrogen-bond donors (Lipinski definition) is 0. The summed E-state index contributed by atoms with van der Waals surface area (Å²) in [5, 5.41) is 10.5. The standard InChI is InChI=1S/C12H18NO7PS/c1-3-19-21(16,20-4-2)9-10-22(17,18)12-7-5-11(6-8-12)13(14)15/h5-8H,3-4,9-10H2,1-2H3. The average molecular weight is 351 g/mol. The topological polar surface area (TPSA) is 113 Å². The lowest BCUT2D eigenvalue weighted by Crippen LogP contribution is -2.13. The largest absolute Gasteiger partial charge is 0.331 e. The van der Waals surface area contributed by atoms with E-state index in [1.807, 2.05) is 0 Å². The summed E-state index contributed by atoms with van der Waals surface area (Å²) in [5.41, 5.74) is -0.201. The molecule has 1 aromatic carbocycles. The Hall–Kier alpha value is -1.28. The van der Waals surface area contributed by atoms with Crippen molar-refractivity contribution in [3.05, 3.63) is 34.4 Å². The molecule has 1 rings (SSSR count). The molecule has 0 aliphatic heterocycles. The van der Waals surface area contributed by atoms with Crippen LogP contribution < -0.4 is 0 Å². The first-order chi connectivity index (χ1) is 10.2. The lowest BCUT2D eigenvalue weighted by atomic mass is 10.3. The van der Waals surface area contributed by atoms with Gasteiger partial charge in [-0.05, 0) is 26.0 Å². The number of nitro groups is 1. The first kappa shape index (κ1) is 18.8. The van der Waals surface area contributed by atoms with Gasteiger partial charge in [0.15, 0.2) is 9.84 Å². The monoisotopic (exact) mass is 351 g/mol. The molecule has 0 atom stereocenters. The summed E-state index contributed by atoms with van der Waals surface area (Å²) in [6.45, 7) is 3.57. The van der Waals surface area contributed by atoms with Crippen LogP contribution in [-0.4, -0.2) is 38.5 Å². The van der Waals surface area contributed by atoms with Crippen molar-refractivity contribution >= 4 is 23.1 Å². The molecule has 0 aliphatic carbocycles. The molecule has 0 aromatic heterocycles. The third-order valence-corrected chi connectivity index (χ3v) is 6.80. The van der Waals surface area contributed by atoms with E-state index in [0.717, 1.165) is 24.3 Å². The molecule has 0 unspecified atom stereocenters. The van der Waals surface area contributed by atoms with Crippen LogP contribution in [0.15, 0.2) is 29.2 Å². The molecule has 0 radical (unpaired) electrons. The third kappa shape index (κ3) is 5.17. The highest BCUT2D eigenvalue weighted by atomic mass is 32.2. The van der Waals surface area contributed by atoms with E-state index in [0.29, 0.717) is 0 Å². The van der Waals surface area contributed by atoms with Gasteiger partial charge in [0.2, 0.25) is 0 Å². The quantitative estimate of drug-likeness (QED) is 0.382. The predicted molar refractivity (Wildman–Crippen MR) is 80.9 cm³/mol. The molecule has 124 valence electrons. The molecule has 0 spiro atoms. The van der Waals surface area contributed by atoms with Crippen LogP contribution >= 0.6 is 7.60 Å². The Morgan fingerprint density at radius 2 is 1.64 bits per heavy atom. The number of nitro benzene ring substituents is 1. The maximum absolute atomic E-state index is 12.2. The van der Waals surface area contributed by atoms with E-state index in [-0.39, 0.29) is 30.0 Å². The van der Waals surface area contributed by atoms with Crippen molar-refractivity contribution < 1.29 is 27.0 Å². The summed E-state index contributed by atoms with van der Waals surface area (Å²) in [6.07, 6.45) is -0.270. The second-order valence-corrected chi connectivity index (χ2v) is 8.53. The second-order valence-electron chi connectivity index (χ2n) is 4.24. The van der Waals surface area contributed by atoms with Crippen LogP contribution in [0.25, 0.3) is 0 Å². The fourth-order valence-electron chi connectivity index (χ4n) is 1.68. The molecule has 1 aromatic rings. The first-order valence-electron chi connectivity index (χ1n) is 6.59. The Morgan fingerprint density at radius 1 is 1.14 bits per heavy atom. The maximum Gasteiger partial charge on any atom is 0.331 e. The van der Waals surface area contributed by atoms with Crippen molar-refractivity contribution in [2.75, 3.05) is 25.1 Å². The Kier molecular flexibility index (Phi) is 6.67. The van der Waals surface area contributed by atoms with Gasteiger partial charge in [-0.15, -0.1) is 0 Å². The van der Waals surface area contributed by atoms with E-state index in [1.54, 1.807) is 13.8 Å². The van der Waals surface area contributed by atoms with Gasteiger partial charge < -0.3 is 9.05 Å². The van der Waals surface area contributed by atoms with Gasteiger partial charge in [0.05, 0.1) is 34.9 Å². The summed E-state index contributed by atoms with van der Waals surface area (Å²) in [6, 6.07) is 4.52. The van der Waals surface area contributed by atoms with Crippen LogP contribution in [0.1, 0.15) is 13.8 Å². The predicted octanol–water partition coefficient (Wildman–Crippen LogP) is 2.63. The summed E-state index contributed by atoms with van der Waals surface area (Å²) in [7, 11) is -7.18. The van der Waals surface area contributed by atoms with Crippen molar-refractivity contribution in [2.24, 2.45) is 0 Å². The molecule has 22 heavy (non-hydrogen) atoms. The SMILES string of the molecule is CCOP(=O)(CCS(=O)(=O)c1ccc([N+](=O)[O-])cc1)OCC. The fraction of sp³-hybridized carbons (Fsp3) is 0.500. The second kappa shape index (κ2) is 7.82. The highest BCUT2D eigenvalue weighted by Crippen LogP contribution is 2.48. The van der Waals surface area contributed by atoms with Crippen molar-refractivity contribution in [3.63, 3.8) is 0 Å². The molecular weight excluding hydrogens is 333 g/mol. The zero-order valence-corrected chi connectivity index (χ0v) is 14.0. The van der Waals surface area contributed by atoms with Crippen molar-refractivity contribution in [2.45, 2.75) is 18.7 Å². The Labute approximate surface area is 129 Å². The summed E-state index contributed by atoms with van der Waals surface area (Å²) >= 11 is 0. The number of rotatable bonds is 9. The normalized spacial score (nSPS) is 12.3. The highest BCUT2D eigenvalue weighted by Gasteiger charge is 2.27. The van der Waals surface area contributed by atoms with Crippen LogP contribution in [0.2, 0.25) is 0 Å². The van der Waals surface area contributed by atoms with E-state index >= 15 is 0 Å². The Morgan fingerprint density at radius 3 is 2.05 bits per heavy atom. The van der Waals surface area contributed by atoms with Crippen LogP contribution in [0.5, 0.6) is 0 Å². The molecule has 0 saturated carbocycles. The number of nitrogens with zero attached hydrogens (tertiary/aromatic N) is 1. The van der Waals surface area contributed by atoms with Gasteiger partial charge in [-0.1, -0.05) is 0 Å². The van der Waals surface area contributed by atoms with E-state index in [9.17, 15) is 23.1 Å². The van der Waals surface area contributed by atoms with E-state index in [1.165, 1.54) is 0 Å². The molecule has 8 nitrogen and oxygen atoms in total.